The summed E-state index contributed by atoms with van der Waals surface area (Å²) < 4.78 is 5.45. The van der Waals surface area contributed by atoms with E-state index in [9.17, 15) is 14.4 Å². The Labute approximate surface area is 190 Å². The van der Waals surface area contributed by atoms with E-state index in [0.29, 0.717) is 23.2 Å². The first-order valence-corrected chi connectivity index (χ1v) is 12.0. The van der Waals surface area contributed by atoms with E-state index in [4.69, 9.17) is 4.74 Å². The first-order chi connectivity index (χ1) is 15.6. The first-order valence-electron chi connectivity index (χ1n) is 11.0. The fourth-order valence-electron chi connectivity index (χ4n) is 4.42. The summed E-state index contributed by atoms with van der Waals surface area (Å²) >= 11 is 1.25. The van der Waals surface area contributed by atoms with Crippen LogP contribution in [0.25, 0.3) is 0 Å². The lowest BCUT2D eigenvalue weighted by Gasteiger charge is -2.37. The number of benzene rings is 1. The zero-order valence-electron chi connectivity index (χ0n) is 18.0. The van der Waals surface area contributed by atoms with Crippen LogP contribution in [0.15, 0.2) is 35.7 Å². The van der Waals surface area contributed by atoms with E-state index in [2.05, 4.69) is 15.2 Å². The third-order valence-electron chi connectivity index (χ3n) is 5.85. The number of hydrogen-bond donors (Lipinski definition) is 1. The monoisotopic (exact) mass is 457 g/mol. The zero-order chi connectivity index (χ0) is 22.5. The highest BCUT2D eigenvalue weighted by Crippen LogP contribution is 2.32. The Morgan fingerprint density at radius 3 is 2.62 bits per heavy atom. The molecule has 2 aliphatic rings. The molecule has 32 heavy (non-hydrogen) atoms. The summed E-state index contributed by atoms with van der Waals surface area (Å²) in [6.07, 6.45) is 6.24. The number of amides is 3. The molecule has 2 aromatic rings. The van der Waals surface area contributed by atoms with E-state index < -0.39 is 6.04 Å². The number of thioether (sulfide) groups is 1. The van der Waals surface area contributed by atoms with Gasteiger partial charge in [0.2, 0.25) is 11.8 Å². The van der Waals surface area contributed by atoms with Gasteiger partial charge in [0.05, 0.1) is 24.5 Å². The number of nitrogens with zero attached hydrogens (tertiary/aromatic N) is 4. The van der Waals surface area contributed by atoms with Crippen molar-refractivity contribution >= 4 is 35.2 Å². The lowest BCUT2D eigenvalue weighted by atomic mass is 9.92. The van der Waals surface area contributed by atoms with E-state index in [1.807, 2.05) is 6.92 Å². The summed E-state index contributed by atoms with van der Waals surface area (Å²) in [6, 6.07) is 6.08. The maximum atomic E-state index is 13.4. The van der Waals surface area contributed by atoms with Crippen molar-refractivity contribution < 1.29 is 19.1 Å². The second-order valence-electron chi connectivity index (χ2n) is 7.89. The van der Waals surface area contributed by atoms with Gasteiger partial charge in [-0.2, -0.15) is 5.10 Å². The summed E-state index contributed by atoms with van der Waals surface area (Å²) in [5.74, 6) is 0.0175. The third kappa shape index (κ3) is 4.79. The summed E-state index contributed by atoms with van der Waals surface area (Å²) in [5, 5.41) is 7.08. The summed E-state index contributed by atoms with van der Waals surface area (Å²) in [6.45, 7) is 2.43. The first kappa shape index (κ1) is 22.3. The van der Waals surface area contributed by atoms with Gasteiger partial charge in [-0.05, 0) is 44.0 Å². The molecule has 10 heteroatoms. The fraction of sp³-hybridized carbons (Fsp3) is 0.500. The predicted octanol–water partition coefficient (Wildman–Crippen LogP) is 2.79. The molecule has 3 amide bonds. The van der Waals surface area contributed by atoms with Gasteiger partial charge in [-0.25, -0.2) is 9.88 Å². The number of ether oxygens (including phenoxy) is 1. The molecular weight excluding hydrogens is 430 g/mol. The Bertz CT molecular complexity index is 944. The SMILES string of the molecule is CCOc1ccc(N2C(=O)CC(N(C(=O)CSc3ncn[nH]3)C3CCCCC3)C2=O)cc1. The second kappa shape index (κ2) is 10.2. The number of anilines is 1. The molecule has 0 spiro atoms. The van der Waals surface area contributed by atoms with Gasteiger partial charge < -0.3 is 9.64 Å². The van der Waals surface area contributed by atoms with E-state index in [0.717, 1.165) is 32.1 Å². The van der Waals surface area contributed by atoms with E-state index in [1.165, 1.54) is 23.0 Å². The molecule has 0 radical (unpaired) electrons. The molecule has 170 valence electrons. The average Bonchev–Trinajstić information content (AvgIpc) is 3.42. The van der Waals surface area contributed by atoms with E-state index in [-0.39, 0.29) is 35.9 Å². The highest BCUT2D eigenvalue weighted by molar-refractivity contribution is 7.99. The van der Waals surface area contributed by atoms with Crippen LogP contribution in [-0.2, 0) is 14.4 Å². The number of aromatic nitrogens is 3. The molecule has 1 atom stereocenters. The van der Waals surface area contributed by atoms with Gasteiger partial charge in [-0.15, -0.1) is 0 Å². The van der Waals surface area contributed by atoms with Crippen LogP contribution in [-0.4, -0.2) is 62.2 Å². The Morgan fingerprint density at radius 2 is 1.97 bits per heavy atom. The highest BCUT2D eigenvalue weighted by Gasteiger charge is 2.46. The minimum Gasteiger partial charge on any atom is -0.494 e. The van der Waals surface area contributed by atoms with Crippen molar-refractivity contribution in [2.45, 2.75) is 62.7 Å². The number of carbonyl (C=O) groups excluding carboxylic acids is 3. The van der Waals surface area contributed by atoms with Crippen LogP contribution in [0.2, 0.25) is 0 Å². The number of H-pyrrole nitrogens is 1. The molecule has 4 rings (SSSR count). The molecule has 2 fully saturated rings. The Morgan fingerprint density at radius 1 is 1.22 bits per heavy atom. The lowest BCUT2D eigenvalue weighted by Crippen LogP contribution is -2.52. The van der Waals surface area contributed by atoms with E-state index in [1.54, 1.807) is 29.2 Å². The highest BCUT2D eigenvalue weighted by atomic mass is 32.2. The van der Waals surface area contributed by atoms with Crippen LogP contribution in [0.5, 0.6) is 5.75 Å². The van der Waals surface area contributed by atoms with Gasteiger partial charge in [0, 0.05) is 6.04 Å². The van der Waals surface area contributed by atoms with Gasteiger partial charge in [0.15, 0.2) is 5.16 Å². The molecule has 1 aromatic carbocycles. The van der Waals surface area contributed by atoms with Crippen molar-refractivity contribution in [2.24, 2.45) is 0 Å². The van der Waals surface area contributed by atoms with Crippen LogP contribution in [0.1, 0.15) is 45.4 Å². The van der Waals surface area contributed by atoms with Gasteiger partial charge in [0.1, 0.15) is 18.1 Å². The van der Waals surface area contributed by atoms with Gasteiger partial charge >= 0.3 is 0 Å². The molecule has 2 heterocycles. The molecular formula is C22H27N5O4S. The maximum absolute atomic E-state index is 13.4. The maximum Gasteiger partial charge on any atom is 0.257 e. The smallest absolute Gasteiger partial charge is 0.257 e. The van der Waals surface area contributed by atoms with Crippen LogP contribution in [0, 0.1) is 0 Å². The topological polar surface area (TPSA) is 108 Å². The fourth-order valence-corrected chi connectivity index (χ4v) is 5.07. The summed E-state index contributed by atoms with van der Waals surface area (Å²) in [4.78, 5) is 46.5. The Balaban J connectivity index is 1.54. The number of hydrogen-bond acceptors (Lipinski definition) is 7. The van der Waals surface area contributed by atoms with Crippen molar-refractivity contribution in [1.82, 2.24) is 20.1 Å². The minimum absolute atomic E-state index is 0.00125. The molecule has 1 aliphatic heterocycles. The van der Waals surface area contributed by atoms with Crippen LogP contribution in [0.4, 0.5) is 5.69 Å². The molecule has 1 N–H and O–H groups in total. The standard InChI is InChI=1S/C22H27N5O4S/c1-2-31-17-10-8-16(9-11-17)27-19(28)12-18(21(27)30)26(15-6-4-3-5-7-15)20(29)13-32-22-23-14-24-25-22/h8-11,14-15,18H,2-7,12-13H2,1H3,(H,23,24,25). The van der Waals surface area contributed by atoms with Crippen molar-refractivity contribution in [3.63, 3.8) is 0 Å². The van der Waals surface area contributed by atoms with Crippen molar-refractivity contribution in [3.8, 4) is 5.75 Å². The lowest BCUT2D eigenvalue weighted by molar-refractivity contribution is -0.139. The van der Waals surface area contributed by atoms with Crippen molar-refractivity contribution in [3.05, 3.63) is 30.6 Å². The largest absolute Gasteiger partial charge is 0.494 e. The van der Waals surface area contributed by atoms with Crippen LogP contribution >= 0.6 is 11.8 Å². The molecule has 1 aromatic heterocycles. The van der Waals surface area contributed by atoms with Crippen molar-refractivity contribution in [1.29, 1.82) is 0 Å². The van der Waals surface area contributed by atoms with Gasteiger partial charge in [0.25, 0.3) is 5.91 Å². The number of carbonyl (C=O) groups is 3. The van der Waals surface area contributed by atoms with Gasteiger partial charge in [-0.3, -0.25) is 19.5 Å². The molecule has 0 bridgehead atoms. The van der Waals surface area contributed by atoms with Gasteiger partial charge in [-0.1, -0.05) is 31.0 Å². The Kier molecular flexibility index (Phi) is 7.09. The van der Waals surface area contributed by atoms with Crippen LogP contribution < -0.4 is 9.64 Å². The minimum atomic E-state index is -0.778. The number of rotatable bonds is 8. The quantitative estimate of drug-likeness (QED) is 0.480. The van der Waals surface area contributed by atoms with Crippen LogP contribution in [0.3, 0.4) is 0 Å². The predicted molar refractivity (Wildman–Crippen MR) is 119 cm³/mol. The number of aromatic amines is 1. The molecule has 1 aliphatic carbocycles. The molecule has 9 nitrogen and oxygen atoms in total. The Hall–Kier alpha value is -2.88. The molecule has 1 saturated carbocycles. The summed E-state index contributed by atoms with van der Waals surface area (Å²) in [5.41, 5.74) is 0.498. The second-order valence-corrected chi connectivity index (χ2v) is 8.85. The third-order valence-corrected chi connectivity index (χ3v) is 6.71. The number of nitrogens with one attached hydrogen (secondary N) is 1. The average molecular weight is 458 g/mol. The summed E-state index contributed by atoms with van der Waals surface area (Å²) in [7, 11) is 0. The molecule has 1 saturated heterocycles. The normalized spacial score (nSPS) is 19.4. The zero-order valence-corrected chi connectivity index (χ0v) is 18.8. The molecule has 1 unspecified atom stereocenters. The van der Waals surface area contributed by atoms with Crippen molar-refractivity contribution in [2.75, 3.05) is 17.3 Å². The van der Waals surface area contributed by atoms with E-state index >= 15 is 0 Å². The number of imide groups is 1.